The van der Waals surface area contributed by atoms with Crippen molar-refractivity contribution in [2.24, 2.45) is 0 Å². The number of aromatic nitrogens is 3. The molecule has 0 unspecified atom stereocenters. The van der Waals surface area contributed by atoms with E-state index < -0.39 is 5.82 Å². The van der Waals surface area contributed by atoms with Crippen LogP contribution in [0.2, 0.25) is 0 Å². The Morgan fingerprint density at radius 3 is 2.60 bits per heavy atom. The summed E-state index contributed by atoms with van der Waals surface area (Å²) in [5, 5.41) is 11.8. The van der Waals surface area contributed by atoms with Crippen molar-refractivity contribution in [1.29, 1.82) is 0 Å². The van der Waals surface area contributed by atoms with Gasteiger partial charge in [0.15, 0.2) is 0 Å². The van der Waals surface area contributed by atoms with Crippen LogP contribution in [0.4, 0.5) is 10.1 Å². The summed E-state index contributed by atoms with van der Waals surface area (Å²) in [6.07, 6.45) is 4.93. The molecule has 0 saturated heterocycles. The highest BCUT2D eigenvalue weighted by molar-refractivity contribution is 6.12. The summed E-state index contributed by atoms with van der Waals surface area (Å²) in [5.41, 5.74) is 8.40. The van der Waals surface area contributed by atoms with Gasteiger partial charge in [-0.1, -0.05) is 0 Å². The van der Waals surface area contributed by atoms with Crippen LogP contribution in [-0.4, -0.2) is 33.9 Å². The quantitative estimate of drug-likeness (QED) is 0.519. The van der Waals surface area contributed by atoms with Gasteiger partial charge in [-0.15, -0.1) is 0 Å². The van der Waals surface area contributed by atoms with Crippen LogP contribution in [0.3, 0.4) is 0 Å². The molecule has 4 aromatic rings. The Labute approximate surface area is 171 Å². The van der Waals surface area contributed by atoms with Gasteiger partial charge in [0.1, 0.15) is 5.82 Å². The van der Waals surface area contributed by atoms with Gasteiger partial charge in [0.05, 0.1) is 36.3 Å². The van der Waals surface area contributed by atoms with E-state index in [9.17, 15) is 5.11 Å². The molecule has 3 N–H and O–H groups in total. The maximum atomic E-state index is 15.1. The van der Waals surface area contributed by atoms with E-state index in [1.54, 1.807) is 24.4 Å². The zero-order chi connectivity index (χ0) is 21.0. The van der Waals surface area contributed by atoms with Crippen molar-refractivity contribution in [3.63, 3.8) is 0 Å². The fraction of sp³-hybridized carbons (Fsp3) is 0.273. The van der Waals surface area contributed by atoms with Gasteiger partial charge < -0.3 is 24.9 Å². The topological polar surface area (TPSA) is 95.4 Å². The summed E-state index contributed by atoms with van der Waals surface area (Å²) < 4.78 is 27.4. The lowest BCUT2D eigenvalue weighted by atomic mass is 9.93. The molecule has 30 heavy (non-hydrogen) atoms. The smallest absolute Gasteiger partial charge is 0.224 e. The Hall–Kier alpha value is -3.55. The Balaban J connectivity index is 1.82. The second kappa shape index (κ2) is 6.76. The van der Waals surface area contributed by atoms with Crippen LogP contribution in [0.5, 0.6) is 17.6 Å². The molecule has 1 aliphatic rings. The minimum absolute atomic E-state index is 0.108. The Morgan fingerprint density at radius 1 is 1.13 bits per heavy atom. The molecule has 0 atom stereocenters. The molecule has 7 nitrogen and oxygen atoms in total. The summed E-state index contributed by atoms with van der Waals surface area (Å²) in [7, 11) is 2.96. The molecule has 0 radical (unpaired) electrons. The third-order valence-corrected chi connectivity index (χ3v) is 5.88. The highest BCUT2D eigenvalue weighted by Gasteiger charge is 2.26. The zero-order valence-corrected chi connectivity index (χ0v) is 16.6. The van der Waals surface area contributed by atoms with Crippen LogP contribution in [0.1, 0.15) is 25.3 Å². The number of rotatable bonds is 4. The number of hydrogen-bond acceptors (Lipinski definition) is 6. The van der Waals surface area contributed by atoms with Gasteiger partial charge in [-0.05, 0) is 37.5 Å². The first-order chi connectivity index (χ1) is 14.5. The van der Waals surface area contributed by atoms with Gasteiger partial charge in [-0.2, -0.15) is 4.98 Å². The largest absolute Gasteiger partial charge is 0.494 e. The summed E-state index contributed by atoms with van der Waals surface area (Å²) in [5.74, 6) is 0.211. The summed E-state index contributed by atoms with van der Waals surface area (Å²) in [6.45, 7) is 0. The molecule has 154 valence electrons. The number of methoxy groups -OCH3 is 2. The molecule has 8 heteroatoms. The number of hydrogen-bond donors (Lipinski definition) is 2. The van der Waals surface area contributed by atoms with Crippen molar-refractivity contribution in [3.05, 3.63) is 36.3 Å². The number of benzene rings is 1. The van der Waals surface area contributed by atoms with Gasteiger partial charge in [-0.3, -0.25) is 0 Å². The predicted molar refractivity (Wildman–Crippen MR) is 112 cm³/mol. The fourth-order valence-electron chi connectivity index (χ4n) is 4.08. The molecule has 0 amide bonds. The number of aromatic hydroxyl groups is 1. The van der Waals surface area contributed by atoms with E-state index in [2.05, 4.69) is 4.98 Å². The second-order valence-electron chi connectivity index (χ2n) is 7.46. The Bertz CT molecular complexity index is 1300. The van der Waals surface area contributed by atoms with Gasteiger partial charge >= 0.3 is 0 Å². The maximum Gasteiger partial charge on any atom is 0.224 e. The van der Waals surface area contributed by atoms with E-state index in [1.165, 1.54) is 20.3 Å². The van der Waals surface area contributed by atoms with Crippen molar-refractivity contribution >= 4 is 27.5 Å². The van der Waals surface area contributed by atoms with Crippen molar-refractivity contribution in [3.8, 4) is 28.8 Å². The highest BCUT2D eigenvalue weighted by atomic mass is 19.1. The lowest BCUT2D eigenvalue weighted by Crippen LogP contribution is -2.15. The van der Waals surface area contributed by atoms with Crippen LogP contribution in [0, 0.1) is 5.82 Å². The van der Waals surface area contributed by atoms with E-state index in [0.29, 0.717) is 38.9 Å². The van der Waals surface area contributed by atoms with Crippen molar-refractivity contribution in [1.82, 2.24) is 14.5 Å². The predicted octanol–water partition coefficient (Wildman–Crippen LogP) is 4.42. The van der Waals surface area contributed by atoms with Gasteiger partial charge in [0, 0.05) is 34.8 Å². The standard InChI is InChI=1S/C22H21FN4O3/c1-29-16-9-7-12(21(26-16)30-2)17-14(23)8-6-13-19(24)18-15(25-20(13)17)10-27(22(18)28)11-4-3-5-11/h6-11,28H,3-5,24H2,1-2H3. The highest BCUT2D eigenvalue weighted by Crippen LogP contribution is 2.44. The molecular formula is C22H21FN4O3. The maximum absolute atomic E-state index is 15.1. The second-order valence-corrected chi connectivity index (χ2v) is 7.46. The van der Waals surface area contributed by atoms with Crippen LogP contribution >= 0.6 is 0 Å². The monoisotopic (exact) mass is 408 g/mol. The molecule has 1 fully saturated rings. The van der Waals surface area contributed by atoms with E-state index in [0.717, 1.165) is 19.3 Å². The van der Waals surface area contributed by atoms with E-state index in [1.807, 2.05) is 4.57 Å². The molecule has 0 aliphatic heterocycles. The number of halogens is 1. The normalized spacial score (nSPS) is 14.2. The third kappa shape index (κ3) is 2.56. The van der Waals surface area contributed by atoms with Gasteiger partial charge in [-0.25, -0.2) is 9.37 Å². The first kappa shape index (κ1) is 18.5. The number of ether oxygens (including phenoxy) is 2. The lowest BCUT2D eigenvalue weighted by Gasteiger charge is -2.27. The minimum atomic E-state index is -0.471. The number of nitrogen functional groups attached to an aromatic ring is 1. The summed E-state index contributed by atoms with van der Waals surface area (Å²) >= 11 is 0. The number of nitrogens with two attached hydrogens (primary N) is 1. The van der Waals surface area contributed by atoms with Crippen LogP contribution < -0.4 is 15.2 Å². The molecular weight excluding hydrogens is 387 g/mol. The fourth-order valence-corrected chi connectivity index (χ4v) is 4.08. The molecule has 0 bridgehead atoms. The van der Waals surface area contributed by atoms with Crippen LogP contribution in [0.25, 0.3) is 32.9 Å². The first-order valence-corrected chi connectivity index (χ1v) is 9.74. The van der Waals surface area contributed by atoms with Crippen molar-refractivity contribution in [2.75, 3.05) is 20.0 Å². The molecule has 3 heterocycles. The van der Waals surface area contributed by atoms with Crippen LogP contribution in [0.15, 0.2) is 30.5 Å². The van der Waals surface area contributed by atoms with Crippen molar-refractivity contribution < 1.29 is 19.0 Å². The average molecular weight is 408 g/mol. The van der Waals surface area contributed by atoms with E-state index in [-0.39, 0.29) is 23.4 Å². The summed E-state index contributed by atoms with van der Waals surface area (Å²) in [6, 6.07) is 6.48. The molecule has 1 aromatic carbocycles. The SMILES string of the molecule is COc1ccc(-c2c(F)ccc3c(N)c4c(O)n(C5CCC5)cc4nc23)c(OC)n1. The summed E-state index contributed by atoms with van der Waals surface area (Å²) in [4.78, 5) is 8.97. The molecule has 1 aliphatic carbocycles. The molecule has 5 rings (SSSR count). The van der Waals surface area contributed by atoms with E-state index >= 15 is 4.39 Å². The lowest BCUT2D eigenvalue weighted by molar-refractivity contribution is 0.283. The number of pyridine rings is 2. The number of anilines is 1. The first-order valence-electron chi connectivity index (χ1n) is 9.74. The van der Waals surface area contributed by atoms with E-state index in [4.69, 9.17) is 20.2 Å². The minimum Gasteiger partial charge on any atom is -0.494 e. The molecule has 3 aromatic heterocycles. The number of fused-ring (bicyclic) bond motifs is 2. The van der Waals surface area contributed by atoms with Crippen LogP contribution in [-0.2, 0) is 0 Å². The van der Waals surface area contributed by atoms with Gasteiger partial charge in [0.25, 0.3) is 0 Å². The number of nitrogens with zero attached hydrogens (tertiary/aromatic N) is 3. The molecule has 1 saturated carbocycles. The Kier molecular flexibility index (Phi) is 4.16. The molecule has 0 spiro atoms. The Morgan fingerprint density at radius 2 is 1.93 bits per heavy atom. The van der Waals surface area contributed by atoms with Crippen molar-refractivity contribution in [2.45, 2.75) is 25.3 Å². The third-order valence-electron chi connectivity index (χ3n) is 5.88. The average Bonchev–Trinajstić information content (AvgIpc) is 3.02. The zero-order valence-electron chi connectivity index (χ0n) is 16.6. The van der Waals surface area contributed by atoms with Gasteiger partial charge in [0.2, 0.25) is 17.6 Å².